The highest BCUT2D eigenvalue weighted by Gasteiger charge is 2.37. The molecule has 2 aromatic carbocycles. The van der Waals surface area contributed by atoms with Gasteiger partial charge >= 0.3 is 0 Å². The second-order valence-electron chi connectivity index (χ2n) is 7.95. The summed E-state index contributed by atoms with van der Waals surface area (Å²) in [7, 11) is 1.67. The summed E-state index contributed by atoms with van der Waals surface area (Å²) >= 11 is 6.24. The number of methoxy groups -OCH3 is 1. The first-order valence-electron chi connectivity index (χ1n) is 9.77. The number of ether oxygens (including phenoxy) is 2. The standard InChI is InChI=1S/C23H26ClN3O2/c1-15(28-4)23(2,3)21-14-27(12-11-25-21)22-17-7-5-6-8-19(17)29-20-10-9-16(24)13-18(20)26-22/h5-10,13,21,25H,1,11-12,14H2,2-4H3/t21-/m1/s1. The van der Waals surface area contributed by atoms with Crippen molar-refractivity contribution in [3.63, 3.8) is 0 Å². The highest BCUT2D eigenvalue weighted by atomic mass is 35.5. The van der Waals surface area contributed by atoms with Crippen molar-refractivity contribution in [2.45, 2.75) is 19.9 Å². The average molecular weight is 412 g/mol. The molecule has 29 heavy (non-hydrogen) atoms. The van der Waals surface area contributed by atoms with Crippen LogP contribution in [0.3, 0.4) is 0 Å². The molecule has 2 aliphatic rings. The van der Waals surface area contributed by atoms with Crippen molar-refractivity contribution in [1.29, 1.82) is 0 Å². The molecule has 4 rings (SSSR count). The van der Waals surface area contributed by atoms with Crippen LogP contribution >= 0.6 is 11.6 Å². The number of piperazine rings is 1. The summed E-state index contributed by atoms with van der Waals surface area (Å²) < 4.78 is 11.6. The molecule has 1 N–H and O–H groups in total. The molecule has 0 saturated carbocycles. The van der Waals surface area contributed by atoms with Crippen molar-refractivity contribution in [3.8, 4) is 11.5 Å². The van der Waals surface area contributed by atoms with Crippen LogP contribution in [0.5, 0.6) is 11.5 Å². The van der Waals surface area contributed by atoms with Crippen LogP contribution in [0.2, 0.25) is 5.02 Å². The Bertz CT molecular complexity index is 970. The van der Waals surface area contributed by atoms with Gasteiger partial charge in [-0.05, 0) is 30.3 Å². The molecule has 1 fully saturated rings. The van der Waals surface area contributed by atoms with E-state index in [9.17, 15) is 0 Å². The van der Waals surface area contributed by atoms with Gasteiger partial charge in [0.15, 0.2) is 5.75 Å². The molecule has 0 bridgehead atoms. The van der Waals surface area contributed by atoms with E-state index >= 15 is 0 Å². The third-order valence-electron chi connectivity index (χ3n) is 5.81. The van der Waals surface area contributed by atoms with E-state index in [1.165, 1.54) is 0 Å². The molecule has 0 amide bonds. The molecule has 0 aromatic heterocycles. The first-order chi connectivity index (χ1) is 13.9. The second kappa shape index (κ2) is 7.73. The maximum absolute atomic E-state index is 6.24. The van der Waals surface area contributed by atoms with Gasteiger partial charge in [0.2, 0.25) is 0 Å². The summed E-state index contributed by atoms with van der Waals surface area (Å²) in [5.74, 6) is 3.16. The number of rotatable bonds is 3. The molecule has 0 aliphatic carbocycles. The van der Waals surface area contributed by atoms with Crippen molar-refractivity contribution >= 4 is 23.1 Å². The molecule has 0 spiro atoms. The normalized spacial score (nSPS) is 18.7. The van der Waals surface area contributed by atoms with E-state index < -0.39 is 0 Å². The third-order valence-corrected chi connectivity index (χ3v) is 6.04. The van der Waals surface area contributed by atoms with Gasteiger partial charge in [0.25, 0.3) is 0 Å². The van der Waals surface area contributed by atoms with Gasteiger partial charge in [-0.1, -0.05) is 44.2 Å². The van der Waals surface area contributed by atoms with Gasteiger partial charge in [0, 0.05) is 36.1 Å². The van der Waals surface area contributed by atoms with E-state index in [0.717, 1.165) is 48.2 Å². The number of hydrogen-bond donors (Lipinski definition) is 1. The van der Waals surface area contributed by atoms with Gasteiger partial charge < -0.3 is 19.7 Å². The van der Waals surface area contributed by atoms with E-state index in [4.69, 9.17) is 26.1 Å². The van der Waals surface area contributed by atoms with E-state index in [-0.39, 0.29) is 11.5 Å². The highest BCUT2D eigenvalue weighted by molar-refractivity contribution is 6.31. The predicted octanol–water partition coefficient (Wildman–Crippen LogP) is 4.98. The minimum absolute atomic E-state index is 0.168. The van der Waals surface area contributed by atoms with Crippen LogP contribution in [0.25, 0.3) is 0 Å². The number of nitrogens with one attached hydrogen (secondary N) is 1. The monoisotopic (exact) mass is 411 g/mol. The zero-order chi connectivity index (χ0) is 20.6. The number of aliphatic imine (C=N–C) groups is 1. The fourth-order valence-corrected chi connectivity index (χ4v) is 3.99. The Morgan fingerprint density at radius 2 is 2.07 bits per heavy atom. The molecule has 152 valence electrons. The molecule has 2 aromatic rings. The van der Waals surface area contributed by atoms with Crippen molar-refractivity contribution < 1.29 is 9.47 Å². The van der Waals surface area contributed by atoms with Gasteiger partial charge in [0.05, 0.1) is 18.4 Å². The molecular formula is C23H26ClN3O2. The summed E-state index contributed by atoms with van der Waals surface area (Å²) in [5, 5.41) is 4.26. The molecule has 6 heteroatoms. The van der Waals surface area contributed by atoms with Crippen molar-refractivity contribution in [2.24, 2.45) is 10.4 Å². The quantitative estimate of drug-likeness (QED) is 0.723. The zero-order valence-electron chi connectivity index (χ0n) is 17.0. The van der Waals surface area contributed by atoms with E-state index in [1.54, 1.807) is 7.11 Å². The van der Waals surface area contributed by atoms with Crippen LogP contribution in [-0.2, 0) is 4.74 Å². The predicted molar refractivity (Wildman–Crippen MR) is 117 cm³/mol. The zero-order valence-corrected chi connectivity index (χ0v) is 17.8. The van der Waals surface area contributed by atoms with Crippen LogP contribution in [0.4, 0.5) is 5.69 Å². The van der Waals surface area contributed by atoms with E-state index in [2.05, 4.69) is 36.7 Å². The Morgan fingerprint density at radius 1 is 1.28 bits per heavy atom. The summed E-state index contributed by atoms with van der Waals surface area (Å²) in [4.78, 5) is 7.31. The number of halogens is 1. The first-order valence-corrected chi connectivity index (χ1v) is 10.1. The Hall–Kier alpha value is -2.50. The average Bonchev–Trinajstić information content (AvgIpc) is 2.89. The van der Waals surface area contributed by atoms with E-state index in [0.29, 0.717) is 10.8 Å². The molecule has 5 nitrogen and oxygen atoms in total. The number of para-hydroxylation sites is 1. The summed E-state index contributed by atoms with van der Waals surface area (Å²) in [5.41, 5.74) is 1.49. The molecule has 0 radical (unpaired) electrons. The van der Waals surface area contributed by atoms with Gasteiger partial charge in [0.1, 0.15) is 17.3 Å². The highest BCUT2D eigenvalue weighted by Crippen LogP contribution is 2.40. The van der Waals surface area contributed by atoms with E-state index in [1.807, 2.05) is 36.4 Å². The summed E-state index contributed by atoms with van der Waals surface area (Å²) in [6.45, 7) is 10.9. The lowest BCUT2D eigenvalue weighted by Gasteiger charge is -2.43. The smallest absolute Gasteiger partial charge is 0.153 e. The van der Waals surface area contributed by atoms with Crippen LogP contribution in [-0.4, -0.2) is 43.5 Å². The molecule has 0 unspecified atom stereocenters. The molecular weight excluding hydrogens is 386 g/mol. The Morgan fingerprint density at radius 3 is 2.86 bits per heavy atom. The molecule has 1 atom stereocenters. The molecule has 1 saturated heterocycles. The topological polar surface area (TPSA) is 46.1 Å². The van der Waals surface area contributed by atoms with Crippen molar-refractivity contribution in [2.75, 3.05) is 26.7 Å². The molecule has 2 aliphatic heterocycles. The second-order valence-corrected chi connectivity index (χ2v) is 8.38. The maximum atomic E-state index is 6.24. The summed E-state index contributed by atoms with van der Waals surface area (Å²) in [6, 6.07) is 13.7. The van der Waals surface area contributed by atoms with Crippen LogP contribution < -0.4 is 10.1 Å². The lowest BCUT2D eigenvalue weighted by Crippen LogP contribution is -2.58. The number of amidine groups is 1. The van der Waals surface area contributed by atoms with Crippen molar-refractivity contribution in [3.05, 3.63) is 65.4 Å². The minimum atomic E-state index is -0.226. The van der Waals surface area contributed by atoms with Crippen molar-refractivity contribution in [1.82, 2.24) is 10.2 Å². The maximum Gasteiger partial charge on any atom is 0.153 e. The summed E-state index contributed by atoms with van der Waals surface area (Å²) in [6.07, 6.45) is 0. The van der Waals surface area contributed by atoms with Crippen LogP contribution in [0.15, 0.2) is 59.8 Å². The lowest BCUT2D eigenvalue weighted by molar-refractivity contribution is 0.125. The Labute approximate surface area is 177 Å². The minimum Gasteiger partial charge on any atom is -0.501 e. The fourth-order valence-electron chi connectivity index (χ4n) is 3.82. The largest absolute Gasteiger partial charge is 0.501 e. The Kier molecular flexibility index (Phi) is 5.28. The van der Waals surface area contributed by atoms with Crippen LogP contribution in [0, 0.1) is 5.41 Å². The van der Waals surface area contributed by atoms with Crippen LogP contribution in [0.1, 0.15) is 19.4 Å². The number of nitrogens with zero attached hydrogens (tertiary/aromatic N) is 2. The van der Waals surface area contributed by atoms with Gasteiger partial charge in [-0.2, -0.15) is 0 Å². The lowest BCUT2D eigenvalue weighted by atomic mass is 9.81. The van der Waals surface area contributed by atoms with Gasteiger partial charge in [-0.3, -0.25) is 0 Å². The SMILES string of the molecule is C=C(OC)C(C)(C)[C@H]1CN(C2=Nc3cc(Cl)ccc3Oc3ccccc32)CCN1. The fraction of sp³-hybridized carbons (Fsp3) is 0.348. The number of fused-ring (bicyclic) bond motifs is 2. The molecule has 2 heterocycles. The first kappa shape index (κ1) is 19.8. The Balaban J connectivity index is 1.75. The van der Waals surface area contributed by atoms with Gasteiger partial charge in [-0.15, -0.1) is 0 Å². The van der Waals surface area contributed by atoms with Gasteiger partial charge in [-0.25, -0.2) is 4.99 Å². The third kappa shape index (κ3) is 3.72. The number of hydrogen-bond acceptors (Lipinski definition) is 5. The number of benzene rings is 2.